The average molecular weight is 333 g/mol. The van der Waals surface area contributed by atoms with Gasteiger partial charge < -0.3 is 10.2 Å². The van der Waals surface area contributed by atoms with Crippen LogP contribution in [0.25, 0.3) is 0 Å². The Bertz CT molecular complexity index is 496. The maximum atomic E-state index is 13.4. The van der Waals surface area contributed by atoms with Gasteiger partial charge in [0.05, 0.1) is 0 Å². The van der Waals surface area contributed by atoms with Crippen LogP contribution < -0.4 is 5.32 Å². The zero-order valence-corrected chi connectivity index (χ0v) is 15.2. The summed E-state index contributed by atoms with van der Waals surface area (Å²) < 4.78 is 13.4. The molecule has 0 amide bonds. The Labute approximate surface area is 146 Å². The van der Waals surface area contributed by atoms with Crippen molar-refractivity contribution in [2.24, 2.45) is 5.92 Å². The van der Waals surface area contributed by atoms with Crippen molar-refractivity contribution in [3.63, 3.8) is 0 Å². The van der Waals surface area contributed by atoms with Crippen molar-refractivity contribution in [3.8, 4) is 0 Å². The van der Waals surface area contributed by atoms with Gasteiger partial charge in [-0.2, -0.15) is 0 Å². The molecule has 2 heterocycles. The highest BCUT2D eigenvalue weighted by molar-refractivity contribution is 5.21. The zero-order chi connectivity index (χ0) is 16.9. The summed E-state index contributed by atoms with van der Waals surface area (Å²) in [4.78, 5) is 5.27. The Hall–Kier alpha value is -0.970. The van der Waals surface area contributed by atoms with Gasteiger partial charge >= 0.3 is 0 Å². The Morgan fingerprint density at radius 1 is 1.17 bits per heavy atom. The number of piperazine rings is 1. The first-order valence-electron chi connectivity index (χ1n) is 9.61. The standard InChI is InChI=1S/C20H32FN3/c1-3-19-14-22-10-13-24(19)20(17-4-6-18(21)7-5-17)15-23-11-8-16(2)9-12-23/h4-7,16,19-20,22H,3,8-15H2,1-2H3. The molecule has 0 aliphatic carbocycles. The number of piperidine rings is 1. The molecular weight excluding hydrogens is 301 g/mol. The summed E-state index contributed by atoms with van der Waals surface area (Å²) in [6.07, 6.45) is 3.76. The predicted octanol–water partition coefficient (Wildman–Crippen LogP) is 3.28. The smallest absolute Gasteiger partial charge is 0.123 e. The zero-order valence-electron chi connectivity index (χ0n) is 15.2. The molecule has 24 heavy (non-hydrogen) atoms. The molecule has 0 bridgehead atoms. The summed E-state index contributed by atoms with van der Waals surface area (Å²) in [5, 5.41) is 3.53. The minimum Gasteiger partial charge on any atom is -0.314 e. The molecule has 1 N–H and O–H groups in total. The van der Waals surface area contributed by atoms with E-state index >= 15 is 0 Å². The molecule has 2 aliphatic heterocycles. The molecule has 3 nitrogen and oxygen atoms in total. The third-order valence-electron chi connectivity index (χ3n) is 5.83. The number of nitrogens with one attached hydrogen (secondary N) is 1. The van der Waals surface area contributed by atoms with Crippen molar-refractivity contribution in [1.29, 1.82) is 0 Å². The van der Waals surface area contributed by atoms with Gasteiger partial charge in [0.15, 0.2) is 0 Å². The third-order valence-corrected chi connectivity index (χ3v) is 5.83. The van der Waals surface area contributed by atoms with E-state index in [0.717, 1.165) is 38.5 Å². The maximum absolute atomic E-state index is 13.4. The molecule has 2 saturated heterocycles. The van der Waals surface area contributed by atoms with E-state index in [-0.39, 0.29) is 5.82 Å². The normalized spacial score (nSPS) is 25.7. The van der Waals surface area contributed by atoms with E-state index in [4.69, 9.17) is 0 Å². The number of nitrogens with zero attached hydrogens (tertiary/aromatic N) is 2. The van der Waals surface area contributed by atoms with Gasteiger partial charge in [-0.25, -0.2) is 4.39 Å². The highest BCUT2D eigenvalue weighted by Gasteiger charge is 2.30. The van der Waals surface area contributed by atoms with E-state index in [1.54, 1.807) is 12.1 Å². The summed E-state index contributed by atoms with van der Waals surface area (Å²) in [6.45, 7) is 11.3. The van der Waals surface area contributed by atoms with Crippen molar-refractivity contribution in [2.45, 2.75) is 45.2 Å². The molecule has 1 aromatic carbocycles. The molecule has 0 aromatic heterocycles. The summed E-state index contributed by atoms with van der Waals surface area (Å²) in [5.41, 5.74) is 1.26. The molecule has 4 heteroatoms. The molecule has 2 atom stereocenters. The van der Waals surface area contributed by atoms with Crippen molar-refractivity contribution in [3.05, 3.63) is 35.6 Å². The molecule has 2 aliphatic rings. The number of benzene rings is 1. The van der Waals surface area contributed by atoms with Gasteiger partial charge in [-0.3, -0.25) is 4.90 Å². The first-order valence-corrected chi connectivity index (χ1v) is 9.61. The monoisotopic (exact) mass is 333 g/mol. The summed E-state index contributed by atoms with van der Waals surface area (Å²) in [7, 11) is 0. The van der Waals surface area contributed by atoms with E-state index in [1.165, 1.54) is 31.5 Å². The van der Waals surface area contributed by atoms with Gasteiger partial charge in [0, 0.05) is 38.3 Å². The van der Waals surface area contributed by atoms with Crippen LogP contribution in [0, 0.1) is 11.7 Å². The minimum absolute atomic E-state index is 0.142. The fraction of sp³-hybridized carbons (Fsp3) is 0.700. The van der Waals surface area contributed by atoms with Crippen LogP contribution in [0.15, 0.2) is 24.3 Å². The van der Waals surface area contributed by atoms with Crippen molar-refractivity contribution in [2.75, 3.05) is 39.3 Å². The fourth-order valence-electron chi connectivity index (χ4n) is 4.14. The second kappa shape index (κ2) is 8.41. The fourth-order valence-corrected chi connectivity index (χ4v) is 4.14. The van der Waals surface area contributed by atoms with E-state index in [2.05, 4.69) is 29.0 Å². The Morgan fingerprint density at radius 3 is 2.54 bits per heavy atom. The van der Waals surface area contributed by atoms with Crippen molar-refractivity contribution < 1.29 is 4.39 Å². The number of halogens is 1. The lowest BCUT2D eigenvalue weighted by Gasteiger charge is -2.44. The van der Waals surface area contributed by atoms with E-state index in [0.29, 0.717) is 12.1 Å². The molecular formula is C20H32FN3. The summed E-state index contributed by atoms with van der Waals surface area (Å²) in [6, 6.07) is 8.14. The predicted molar refractivity (Wildman–Crippen MR) is 97.6 cm³/mol. The van der Waals surface area contributed by atoms with Gasteiger partial charge in [-0.05, 0) is 56.0 Å². The molecule has 134 valence electrons. The summed E-state index contributed by atoms with van der Waals surface area (Å²) >= 11 is 0. The number of likely N-dealkylation sites (tertiary alicyclic amines) is 1. The van der Waals surface area contributed by atoms with Crippen LogP contribution in [0.2, 0.25) is 0 Å². The van der Waals surface area contributed by atoms with Gasteiger partial charge in [0.2, 0.25) is 0 Å². The van der Waals surface area contributed by atoms with Crippen LogP contribution >= 0.6 is 0 Å². The molecule has 2 unspecified atom stereocenters. The quantitative estimate of drug-likeness (QED) is 0.892. The van der Waals surface area contributed by atoms with Crippen molar-refractivity contribution in [1.82, 2.24) is 15.1 Å². The van der Waals surface area contributed by atoms with Crippen LogP contribution in [0.3, 0.4) is 0 Å². The van der Waals surface area contributed by atoms with Crippen LogP contribution in [0.5, 0.6) is 0 Å². The topological polar surface area (TPSA) is 18.5 Å². The van der Waals surface area contributed by atoms with E-state index in [1.807, 2.05) is 12.1 Å². The van der Waals surface area contributed by atoms with Crippen LogP contribution in [0.4, 0.5) is 4.39 Å². The Balaban J connectivity index is 1.78. The molecule has 0 saturated carbocycles. The average Bonchev–Trinajstić information content (AvgIpc) is 2.62. The van der Waals surface area contributed by atoms with Crippen molar-refractivity contribution >= 4 is 0 Å². The van der Waals surface area contributed by atoms with Gasteiger partial charge in [-0.1, -0.05) is 26.0 Å². The van der Waals surface area contributed by atoms with Gasteiger partial charge in [-0.15, -0.1) is 0 Å². The lowest BCUT2D eigenvalue weighted by molar-refractivity contribution is 0.0641. The molecule has 3 rings (SSSR count). The lowest BCUT2D eigenvalue weighted by Crippen LogP contribution is -2.54. The Morgan fingerprint density at radius 2 is 1.88 bits per heavy atom. The molecule has 1 aromatic rings. The molecule has 0 radical (unpaired) electrons. The first-order chi connectivity index (χ1) is 11.7. The Kier molecular flexibility index (Phi) is 6.25. The number of rotatable bonds is 5. The van der Waals surface area contributed by atoms with Crippen LogP contribution in [-0.2, 0) is 0 Å². The minimum atomic E-state index is -0.142. The van der Waals surface area contributed by atoms with E-state index < -0.39 is 0 Å². The van der Waals surface area contributed by atoms with Crippen LogP contribution in [-0.4, -0.2) is 55.1 Å². The second-order valence-corrected chi connectivity index (χ2v) is 7.55. The number of hydrogen-bond donors (Lipinski definition) is 1. The highest BCUT2D eigenvalue weighted by atomic mass is 19.1. The number of hydrogen-bond acceptors (Lipinski definition) is 3. The van der Waals surface area contributed by atoms with Gasteiger partial charge in [0.25, 0.3) is 0 Å². The first kappa shape index (κ1) is 17.8. The second-order valence-electron chi connectivity index (χ2n) is 7.55. The SMILES string of the molecule is CCC1CNCCN1C(CN1CCC(C)CC1)c1ccc(F)cc1. The van der Waals surface area contributed by atoms with E-state index in [9.17, 15) is 4.39 Å². The molecule has 2 fully saturated rings. The maximum Gasteiger partial charge on any atom is 0.123 e. The largest absolute Gasteiger partial charge is 0.314 e. The van der Waals surface area contributed by atoms with Crippen LogP contribution in [0.1, 0.15) is 44.7 Å². The highest BCUT2D eigenvalue weighted by Crippen LogP contribution is 2.28. The lowest BCUT2D eigenvalue weighted by atomic mass is 9.96. The molecule has 0 spiro atoms. The third kappa shape index (κ3) is 4.35. The summed E-state index contributed by atoms with van der Waals surface area (Å²) in [5.74, 6) is 0.713. The van der Waals surface area contributed by atoms with Gasteiger partial charge in [0.1, 0.15) is 5.82 Å².